The maximum atomic E-state index is 12.6. The molecule has 0 aromatic carbocycles. The third-order valence-electron chi connectivity index (χ3n) is 3.72. The van der Waals surface area contributed by atoms with E-state index in [1.165, 1.54) is 16.7 Å². The highest BCUT2D eigenvalue weighted by atomic mass is 35.5. The Hall–Kier alpha value is -0.630. The van der Waals surface area contributed by atoms with E-state index in [4.69, 9.17) is 16.3 Å². The summed E-state index contributed by atoms with van der Waals surface area (Å²) >= 11 is 5.62. The molecule has 1 aliphatic rings. The molecule has 0 saturated carbocycles. The maximum Gasteiger partial charge on any atom is 0.246 e. The first kappa shape index (κ1) is 15.8. The summed E-state index contributed by atoms with van der Waals surface area (Å²) in [4.78, 5) is 0.215. The van der Waals surface area contributed by atoms with Gasteiger partial charge in [-0.05, 0) is 12.3 Å². The standard InChI is InChI=1S/C12H20ClN3O3S/c1-10-3-5-16(9-12(10)19-2)20(17,18)11-7-14-15(8-11)6-4-13/h7-8,10,12H,3-6,9H2,1-2H3. The minimum atomic E-state index is -3.50. The van der Waals surface area contributed by atoms with Crippen molar-refractivity contribution in [2.24, 2.45) is 5.92 Å². The van der Waals surface area contributed by atoms with Crippen molar-refractivity contribution >= 4 is 21.6 Å². The Morgan fingerprint density at radius 3 is 2.95 bits per heavy atom. The van der Waals surface area contributed by atoms with E-state index in [0.717, 1.165) is 6.42 Å². The van der Waals surface area contributed by atoms with E-state index in [9.17, 15) is 8.42 Å². The molecule has 1 fully saturated rings. The molecule has 0 bridgehead atoms. The minimum Gasteiger partial charge on any atom is -0.380 e. The van der Waals surface area contributed by atoms with Crippen LogP contribution in [0.2, 0.25) is 0 Å². The van der Waals surface area contributed by atoms with Gasteiger partial charge in [-0.25, -0.2) is 8.42 Å². The molecule has 2 heterocycles. The van der Waals surface area contributed by atoms with Crippen molar-refractivity contribution in [3.8, 4) is 0 Å². The molecule has 0 radical (unpaired) electrons. The molecular formula is C12H20ClN3O3S. The van der Waals surface area contributed by atoms with Crippen molar-refractivity contribution in [1.29, 1.82) is 0 Å². The summed E-state index contributed by atoms with van der Waals surface area (Å²) in [7, 11) is -1.88. The van der Waals surface area contributed by atoms with Crippen LogP contribution in [-0.2, 0) is 21.3 Å². The van der Waals surface area contributed by atoms with Crippen LogP contribution in [0.5, 0.6) is 0 Å². The van der Waals surface area contributed by atoms with E-state index < -0.39 is 10.0 Å². The van der Waals surface area contributed by atoms with Gasteiger partial charge in [-0.3, -0.25) is 4.68 Å². The van der Waals surface area contributed by atoms with E-state index >= 15 is 0 Å². The van der Waals surface area contributed by atoms with Gasteiger partial charge in [0.2, 0.25) is 10.0 Å². The number of ether oxygens (including phenoxy) is 1. The summed E-state index contributed by atoms with van der Waals surface area (Å²) in [6.45, 7) is 3.48. The number of aromatic nitrogens is 2. The van der Waals surface area contributed by atoms with Crippen molar-refractivity contribution in [3.63, 3.8) is 0 Å². The fourth-order valence-corrected chi connectivity index (χ4v) is 3.96. The van der Waals surface area contributed by atoms with Gasteiger partial charge in [0.05, 0.1) is 18.8 Å². The first-order valence-corrected chi connectivity index (χ1v) is 8.58. The number of methoxy groups -OCH3 is 1. The van der Waals surface area contributed by atoms with Gasteiger partial charge < -0.3 is 4.74 Å². The quantitative estimate of drug-likeness (QED) is 0.764. The largest absolute Gasteiger partial charge is 0.380 e. The number of piperidine rings is 1. The molecule has 0 aliphatic carbocycles. The van der Waals surface area contributed by atoms with E-state index in [2.05, 4.69) is 12.0 Å². The molecule has 2 rings (SSSR count). The Bertz CT molecular complexity index is 546. The summed E-state index contributed by atoms with van der Waals surface area (Å²) in [5.41, 5.74) is 0. The van der Waals surface area contributed by atoms with E-state index in [1.54, 1.807) is 11.8 Å². The lowest BCUT2D eigenvalue weighted by Gasteiger charge is -2.35. The fourth-order valence-electron chi connectivity index (χ4n) is 2.37. The Morgan fingerprint density at radius 2 is 2.30 bits per heavy atom. The normalized spacial score (nSPS) is 24.9. The summed E-state index contributed by atoms with van der Waals surface area (Å²) in [6.07, 6.45) is 3.64. The Balaban J connectivity index is 2.17. The first-order chi connectivity index (χ1) is 9.48. The predicted molar refractivity (Wildman–Crippen MR) is 76.3 cm³/mol. The molecule has 2 atom stereocenters. The van der Waals surface area contributed by atoms with Gasteiger partial charge in [0.1, 0.15) is 4.90 Å². The summed E-state index contributed by atoms with van der Waals surface area (Å²) in [5, 5.41) is 4.02. The van der Waals surface area contributed by atoms with E-state index in [-0.39, 0.29) is 11.0 Å². The zero-order valence-corrected chi connectivity index (χ0v) is 13.3. The van der Waals surface area contributed by atoms with Gasteiger partial charge in [-0.15, -0.1) is 11.6 Å². The number of hydrogen-bond donors (Lipinski definition) is 0. The molecule has 0 spiro atoms. The Kier molecular flexibility index (Phi) is 5.06. The second kappa shape index (κ2) is 6.43. The molecule has 20 heavy (non-hydrogen) atoms. The van der Waals surface area contributed by atoms with Crippen LogP contribution in [0, 0.1) is 5.92 Å². The van der Waals surface area contributed by atoms with Gasteiger partial charge in [-0.2, -0.15) is 9.40 Å². The number of alkyl halides is 1. The van der Waals surface area contributed by atoms with Crippen LogP contribution in [0.1, 0.15) is 13.3 Å². The molecule has 0 N–H and O–H groups in total. The number of rotatable bonds is 5. The highest BCUT2D eigenvalue weighted by Crippen LogP contribution is 2.25. The maximum absolute atomic E-state index is 12.6. The average Bonchev–Trinajstić information content (AvgIpc) is 2.89. The molecule has 1 aromatic rings. The van der Waals surface area contributed by atoms with Gasteiger partial charge in [0, 0.05) is 32.3 Å². The lowest BCUT2D eigenvalue weighted by Crippen LogP contribution is -2.46. The van der Waals surface area contributed by atoms with Crippen LogP contribution < -0.4 is 0 Å². The number of nitrogens with zero attached hydrogens (tertiary/aromatic N) is 3. The smallest absolute Gasteiger partial charge is 0.246 e. The minimum absolute atomic E-state index is 0.0589. The Labute approximate surface area is 124 Å². The number of hydrogen-bond acceptors (Lipinski definition) is 4. The lowest BCUT2D eigenvalue weighted by atomic mass is 9.97. The van der Waals surface area contributed by atoms with Gasteiger partial charge in [0.15, 0.2) is 0 Å². The molecule has 0 amide bonds. The molecule has 1 saturated heterocycles. The van der Waals surface area contributed by atoms with Crippen molar-refractivity contribution < 1.29 is 13.2 Å². The van der Waals surface area contributed by atoms with Gasteiger partial charge in [0.25, 0.3) is 0 Å². The number of sulfonamides is 1. The second-order valence-corrected chi connectivity index (χ2v) is 7.35. The summed E-state index contributed by atoms with van der Waals surface area (Å²) in [6, 6.07) is 0. The zero-order chi connectivity index (χ0) is 14.8. The number of halogens is 1. The average molecular weight is 322 g/mol. The topological polar surface area (TPSA) is 64.4 Å². The van der Waals surface area contributed by atoms with Crippen molar-refractivity contribution in [2.45, 2.75) is 30.9 Å². The SMILES string of the molecule is COC1CN(S(=O)(=O)c2cnn(CCCl)c2)CCC1C. The van der Waals surface area contributed by atoms with Crippen LogP contribution >= 0.6 is 11.6 Å². The van der Waals surface area contributed by atoms with Crippen molar-refractivity contribution in [1.82, 2.24) is 14.1 Å². The molecule has 1 aromatic heterocycles. The highest BCUT2D eigenvalue weighted by molar-refractivity contribution is 7.89. The third kappa shape index (κ3) is 3.16. The van der Waals surface area contributed by atoms with E-state index in [1.807, 2.05) is 0 Å². The van der Waals surface area contributed by atoms with Crippen LogP contribution in [0.15, 0.2) is 17.3 Å². The predicted octanol–water partition coefficient (Wildman–Crippen LogP) is 1.17. The van der Waals surface area contributed by atoms with Crippen LogP contribution in [0.25, 0.3) is 0 Å². The molecule has 8 heteroatoms. The summed E-state index contributed by atoms with van der Waals surface area (Å²) in [5.74, 6) is 0.763. The van der Waals surface area contributed by atoms with Gasteiger partial charge in [-0.1, -0.05) is 6.92 Å². The van der Waals surface area contributed by atoms with E-state index in [0.29, 0.717) is 31.4 Å². The first-order valence-electron chi connectivity index (χ1n) is 6.60. The Morgan fingerprint density at radius 1 is 1.55 bits per heavy atom. The third-order valence-corrected chi connectivity index (χ3v) is 5.70. The van der Waals surface area contributed by atoms with Crippen molar-refractivity contribution in [3.05, 3.63) is 12.4 Å². The molecular weight excluding hydrogens is 302 g/mol. The highest BCUT2D eigenvalue weighted by Gasteiger charge is 2.34. The lowest BCUT2D eigenvalue weighted by molar-refractivity contribution is 0.0184. The van der Waals surface area contributed by atoms with Gasteiger partial charge >= 0.3 is 0 Å². The van der Waals surface area contributed by atoms with Crippen molar-refractivity contribution in [2.75, 3.05) is 26.1 Å². The monoisotopic (exact) mass is 321 g/mol. The molecule has 2 unspecified atom stereocenters. The number of aryl methyl sites for hydroxylation is 1. The molecule has 114 valence electrons. The summed E-state index contributed by atoms with van der Waals surface area (Å²) < 4.78 is 33.5. The molecule has 6 nitrogen and oxygen atoms in total. The van der Waals surface area contributed by atoms with Crippen LogP contribution in [-0.4, -0.2) is 54.7 Å². The zero-order valence-electron chi connectivity index (χ0n) is 11.7. The molecule has 1 aliphatic heterocycles. The van der Waals surface area contributed by atoms with Crippen LogP contribution in [0.4, 0.5) is 0 Å². The second-order valence-electron chi connectivity index (χ2n) is 5.03. The van der Waals surface area contributed by atoms with Crippen LogP contribution in [0.3, 0.4) is 0 Å². The fraction of sp³-hybridized carbons (Fsp3) is 0.750.